The van der Waals surface area contributed by atoms with Gasteiger partial charge in [-0.15, -0.1) is 23.1 Å². The number of hydrogen-bond donors (Lipinski definition) is 0. The quantitative estimate of drug-likeness (QED) is 0.775. The van der Waals surface area contributed by atoms with Crippen molar-refractivity contribution in [1.82, 2.24) is 14.9 Å². The Kier molecular flexibility index (Phi) is 4.13. The zero-order chi connectivity index (χ0) is 15.1. The molecule has 1 fully saturated rings. The van der Waals surface area contributed by atoms with Crippen LogP contribution in [0, 0.1) is 6.92 Å². The van der Waals surface area contributed by atoms with Gasteiger partial charge in [-0.25, -0.2) is 9.97 Å². The minimum Gasteiger partial charge on any atom is -0.306 e. The fourth-order valence-corrected chi connectivity index (χ4v) is 6.23. The Bertz CT molecular complexity index is 687. The summed E-state index contributed by atoms with van der Waals surface area (Å²) >= 11 is 3.93. The Hall–Kier alpha value is -0.650. The SMILES string of the molecule is Cc1nc(SC2CCN(C)CC2)c2c3c(sc2n1)CCCC3. The highest BCUT2D eigenvalue weighted by Gasteiger charge is 2.24. The first-order chi connectivity index (χ1) is 10.7. The third kappa shape index (κ3) is 2.79. The van der Waals surface area contributed by atoms with Crippen LogP contribution in [-0.2, 0) is 12.8 Å². The summed E-state index contributed by atoms with van der Waals surface area (Å²) in [5, 5.41) is 3.37. The predicted molar refractivity (Wildman–Crippen MR) is 95.2 cm³/mol. The molecule has 0 N–H and O–H groups in total. The summed E-state index contributed by atoms with van der Waals surface area (Å²) < 4.78 is 0. The van der Waals surface area contributed by atoms with Gasteiger partial charge < -0.3 is 4.90 Å². The monoisotopic (exact) mass is 333 g/mol. The molecule has 0 radical (unpaired) electrons. The topological polar surface area (TPSA) is 29.0 Å². The van der Waals surface area contributed by atoms with Gasteiger partial charge in [0.1, 0.15) is 15.7 Å². The Morgan fingerprint density at radius 1 is 1.14 bits per heavy atom. The molecule has 0 aromatic carbocycles. The van der Waals surface area contributed by atoms with E-state index in [2.05, 4.69) is 11.9 Å². The summed E-state index contributed by atoms with van der Waals surface area (Å²) in [4.78, 5) is 14.8. The fraction of sp³-hybridized carbons (Fsp3) is 0.647. The standard InChI is InChI=1S/C17H23N3S2/c1-11-18-16(21-12-7-9-20(2)10-8-12)15-13-5-3-4-6-14(13)22-17(15)19-11/h12H,3-10H2,1-2H3. The van der Waals surface area contributed by atoms with Crippen molar-refractivity contribution < 1.29 is 0 Å². The second-order valence-corrected chi connectivity index (χ2v) is 8.96. The Morgan fingerprint density at radius 3 is 2.73 bits per heavy atom. The van der Waals surface area contributed by atoms with Gasteiger partial charge in [0.15, 0.2) is 0 Å². The third-order valence-corrected chi connectivity index (χ3v) is 7.35. The maximum atomic E-state index is 4.84. The summed E-state index contributed by atoms with van der Waals surface area (Å²) in [5.74, 6) is 0.932. The van der Waals surface area contributed by atoms with E-state index >= 15 is 0 Å². The molecule has 0 unspecified atom stereocenters. The fourth-order valence-electron chi connectivity index (χ4n) is 3.57. The van der Waals surface area contributed by atoms with Crippen molar-refractivity contribution >= 4 is 33.3 Å². The molecule has 0 saturated carbocycles. The molecule has 0 spiro atoms. The summed E-state index contributed by atoms with van der Waals surface area (Å²) in [6, 6.07) is 0. The lowest BCUT2D eigenvalue weighted by Gasteiger charge is -2.28. The number of thioether (sulfide) groups is 1. The van der Waals surface area contributed by atoms with E-state index in [1.165, 1.54) is 66.9 Å². The van der Waals surface area contributed by atoms with Crippen molar-refractivity contribution in [3.05, 3.63) is 16.3 Å². The molecule has 2 aromatic heterocycles. The molecular weight excluding hydrogens is 310 g/mol. The molecule has 0 atom stereocenters. The molecule has 5 heteroatoms. The number of fused-ring (bicyclic) bond motifs is 3. The second kappa shape index (κ2) is 6.10. The van der Waals surface area contributed by atoms with Gasteiger partial charge in [-0.3, -0.25) is 0 Å². The molecule has 1 aliphatic heterocycles. The van der Waals surface area contributed by atoms with Gasteiger partial charge in [0.25, 0.3) is 0 Å². The van der Waals surface area contributed by atoms with Crippen molar-refractivity contribution in [2.75, 3.05) is 20.1 Å². The highest BCUT2D eigenvalue weighted by Crippen LogP contribution is 2.41. The van der Waals surface area contributed by atoms with Crippen LogP contribution in [0.5, 0.6) is 0 Å². The van der Waals surface area contributed by atoms with Crippen LogP contribution in [0.1, 0.15) is 41.9 Å². The normalized spacial score (nSPS) is 20.5. The van der Waals surface area contributed by atoms with Crippen molar-refractivity contribution in [2.24, 2.45) is 0 Å². The number of piperidine rings is 1. The average molecular weight is 334 g/mol. The number of likely N-dealkylation sites (tertiary alicyclic amines) is 1. The number of aryl methyl sites for hydroxylation is 3. The maximum absolute atomic E-state index is 4.84. The van der Waals surface area contributed by atoms with Crippen molar-refractivity contribution in [1.29, 1.82) is 0 Å². The van der Waals surface area contributed by atoms with Crippen molar-refractivity contribution in [3.8, 4) is 0 Å². The van der Waals surface area contributed by atoms with Crippen molar-refractivity contribution in [3.63, 3.8) is 0 Å². The first kappa shape index (κ1) is 14.9. The van der Waals surface area contributed by atoms with E-state index < -0.39 is 0 Å². The van der Waals surface area contributed by atoms with Gasteiger partial charge in [0.05, 0.1) is 0 Å². The van der Waals surface area contributed by atoms with Gasteiger partial charge in [-0.05, 0) is 71.1 Å². The number of hydrogen-bond acceptors (Lipinski definition) is 5. The van der Waals surface area contributed by atoms with Crippen molar-refractivity contribution in [2.45, 2.75) is 55.7 Å². The lowest BCUT2D eigenvalue weighted by molar-refractivity contribution is 0.282. The molecule has 2 aliphatic rings. The molecule has 2 aromatic rings. The minimum absolute atomic E-state index is 0.716. The van der Waals surface area contributed by atoms with E-state index in [0.717, 1.165) is 5.82 Å². The van der Waals surface area contributed by atoms with Gasteiger partial charge in [0, 0.05) is 15.5 Å². The van der Waals surface area contributed by atoms with E-state index in [1.807, 2.05) is 30.0 Å². The van der Waals surface area contributed by atoms with Crippen LogP contribution in [0.3, 0.4) is 0 Å². The lowest BCUT2D eigenvalue weighted by Crippen LogP contribution is -2.31. The van der Waals surface area contributed by atoms with Crippen LogP contribution in [-0.4, -0.2) is 40.3 Å². The third-order valence-electron chi connectivity index (χ3n) is 4.84. The van der Waals surface area contributed by atoms with Gasteiger partial charge >= 0.3 is 0 Å². The maximum Gasteiger partial charge on any atom is 0.128 e. The van der Waals surface area contributed by atoms with Crippen LogP contribution in [0.2, 0.25) is 0 Å². The lowest BCUT2D eigenvalue weighted by atomic mass is 9.97. The van der Waals surface area contributed by atoms with E-state index in [-0.39, 0.29) is 0 Å². The van der Waals surface area contributed by atoms with Crippen LogP contribution in [0.4, 0.5) is 0 Å². The number of nitrogens with zero attached hydrogens (tertiary/aromatic N) is 3. The summed E-state index contributed by atoms with van der Waals surface area (Å²) in [6.07, 6.45) is 7.68. The molecule has 0 bridgehead atoms. The zero-order valence-corrected chi connectivity index (χ0v) is 15.0. The smallest absolute Gasteiger partial charge is 0.128 e. The largest absolute Gasteiger partial charge is 0.306 e. The van der Waals surface area contributed by atoms with Crippen LogP contribution in [0.25, 0.3) is 10.2 Å². The number of rotatable bonds is 2. The van der Waals surface area contributed by atoms with E-state index in [9.17, 15) is 0 Å². The molecule has 1 aliphatic carbocycles. The first-order valence-electron chi connectivity index (χ1n) is 8.35. The Balaban J connectivity index is 1.71. The molecule has 118 valence electrons. The second-order valence-electron chi connectivity index (χ2n) is 6.59. The summed E-state index contributed by atoms with van der Waals surface area (Å²) in [6.45, 7) is 4.47. The zero-order valence-electron chi connectivity index (χ0n) is 13.4. The Labute approximate surface area is 140 Å². The molecule has 4 rings (SSSR count). The Morgan fingerprint density at radius 2 is 1.91 bits per heavy atom. The molecule has 22 heavy (non-hydrogen) atoms. The van der Waals surface area contributed by atoms with Gasteiger partial charge in [-0.1, -0.05) is 0 Å². The van der Waals surface area contributed by atoms with E-state index in [4.69, 9.17) is 9.97 Å². The van der Waals surface area contributed by atoms with E-state index in [0.29, 0.717) is 5.25 Å². The first-order valence-corrected chi connectivity index (χ1v) is 10.0. The predicted octanol–water partition coefficient (Wildman–Crippen LogP) is 4.06. The molecule has 3 heterocycles. The van der Waals surface area contributed by atoms with Crippen LogP contribution >= 0.6 is 23.1 Å². The minimum atomic E-state index is 0.716. The summed E-state index contributed by atoms with van der Waals surface area (Å²) in [7, 11) is 2.23. The molecule has 1 saturated heterocycles. The average Bonchev–Trinajstić information content (AvgIpc) is 2.87. The number of thiophene rings is 1. The molecular formula is C17H23N3S2. The van der Waals surface area contributed by atoms with Gasteiger partial charge in [-0.2, -0.15) is 0 Å². The van der Waals surface area contributed by atoms with Gasteiger partial charge in [0.2, 0.25) is 0 Å². The molecule has 3 nitrogen and oxygen atoms in total. The molecule has 0 amide bonds. The van der Waals surface area contributed by atoms with Crippen LogP contribution in [0.15, 0.2) is 5.03 Å². The van der Waals surface area contributed by atoms with Crippen LogP contribution < -0.4 is 0 Å². The highest BCUT2D eigenvalue weighted by atomic mass is 32.2. The number of aromatic nitrogens is 2. The van der Waals surface area contributed by atoms with E-state index in [1.54, 1.807) is 10.4 Å². The summed E-state index contributed by atoms with van der Waals surface area (Å²) in [5.41, 5.74) is 1.57. The highest BCUT2D eigenvalue weighted by molar-refractivity contribution is 8.00.